The Balaban J connectivity index is 1.47. The number of imidazole rings is 1. The van der Waals surface area contributed by atoms with Gasteiger partial charge in [0.05, 0.1) is 32.1 Å². The molecule has 2 heterocycles. The second kappa shape index (κ2) is 9.89. The van der Waals surface area contributed by atoms with Crippen LogP contribution in [-0.2, 0) is 19.6 Å². The van der Waals surface area contributed by atoms with Crippen molar-refractivity contribution in [2.24, 2.45) is 0 Å². The van der Waals surface area contributed by atoms with E-state index in [9.17, 15) is 0 Å². The van der Waals surface area contributed by atoms with Crippen LogP contribution in [0.3, 0.4) is 0 Å². The summed E-state index contributed by atoms with van der Waals surface area (Å²) in [6, 6.07) is 18.6. The van der Waals surface area contributed by atoms with Gasteiger partial charge in [0, 0.05) is 37.1 Å². The van der Waals surface area contributed by atoms with Crippen LogP contribution in [0.25, 0.3) is 11.3 Å². The maximum absolute atomic E-state index is 5.42. The van der Waals surface area contributed by atoms with Gasteiger partial charge in [0.25, 0.3) is 0 Å². The monoisotopic (exact) mass is 402 g/mol. The van der Waals surface area contributed by atoms with Gasteiger partial charge in [-0.05, 0) is 17.7 Å². The fraction of sp³-hybridized carbons (Fsp3) is 0.250. The molecule has 0 bridgehead atoms. The van der Waals surface area contributed by atoms with Gasteiger partial charge in [0.1, 0.15) is 18.0 Å². The molecule has 0 aliphatic carbocycles. The summed E-state index contributed by atoms with van der Waals surface area (Å²) in [5.41, 5.74) is 4.59. The molecular weight excluding hydrogens is 374 g/mol. The van der Waals surface area contributed by atoms with Gasteiger partial charge in [0.15, 0.2) is 0 Å². The number of hydrogen-bond acceptors (Lipinski definition) is 3. The molecule has 0 radical (unpaired) electrons. The molecule has 0 fully saturated rings. The number of hydrogen-bond donors (Lipinski definition) is 1. The molecule has 0 aliphatic heterocycles. The fourth-order valence-corrected chi connectivity index (χ4v) is 3.57. The third-order valence-electron chi connectivity index (χ3n) is 5.12. The van der Waals surface area contributed by atoms with Crippen LogP contribution >= 0.6 is 0 Å². The molecule has 0 atom stereocenters. The Morgan fingerprint density at radius 2 is 1.97 bits per heavy atom. The molecule has 6 heteroatoms. The van der Waals surface area contributed by atoms with E-state index in [4.69, 9.17) is 9.84 Å². The van der Waals surface area contributed by atoms with Crippen LogP contribution in [0.1, 0.15) is 17.5 Å². The van der Waals surface area contributed by atoms with E-state index in [1.165, 1.54) is 11.1 Å². The molecule has 0 aliphatic rings. The molecule has 6 nitrogen and oxygen atoms in total. The zero-order valence-electron chi connectivity index (χ0n) is 17.3. The van der Waals surface area contributed by atoms with Crippen LogP contribution < -0.4 is 10.1 Å². The van der Waals surface area contributed by atoms with Crippen molar-refractivity contribution in [1.29, 1.82) is 0 Å². The molecule has 4 aromatic rings. The van der Waals surface area contributed by atoms with Crippen LogP contribution in [0.2, 0.25) is 0 Å². The van der Waals surface area contributed by atoms with Gasteiger partial charge in [-0.15, -0.1) is 0 Å². The molecule has 4 rings (SSSR count). The summed E-state index contributed by atoms with van der Waals surface area (Å²) in [6.07, 6.45) is 8.98. The van der Waals surface area contributed by atoms with Crippen LogP contribution in [0.5, 0.6) is 5.75 Å². The zero-order valence-corrected chi connectivity index (χ0v) is 17.3. The maximum atomic E-state index is 5.42. The highest BCUT2D eigenvalue weighted by Crippen LogP contribution is 2.25. The number of rotatable bonds is 10. The highest BCUT2D eigenvalue weighted by atomic mass is 16.5. The first-order valence-corrected chi connectivity index (χ1v) is 10.3. The van der Waals surface area contributed by atoms with Crippen molar-refractivity contribution in [1.82, 2.24) is 19.3 Å². The van der Waals surface area contributed by atoms with E-state index in [2.05, 4.69) is 57.5 Å². The second-order valence-electron chi connectivity index (χ2n) is 7.35. The van der Waals surface area contributed by atoms with Crippen LogP contribution in [0.4, 0.5) is 0 Å². The van der Waals surface area contributed by atoms with Gasteiger partial charge in [0.2, 0.25) is 0 Å². The van der Waals surface area contributed by atoms with Gasteiger partial charge in [-0.3, -0.25) is 4.68 Å². The van der Waals surface area contributed by atoms with Crippen LogP contribution in [-0.4, -0.2) is 33.0 Å². The third-order valence-corrected chi connectivity index (χ3v) is 5.12. The molecule has 2 N–H and O–H groups in total. The van der Waals surface area contributed by atoms with Crippen molar-refractivity contribution in [2.75, 3.05) is 13.7 Å². The van der Waals surface area contributed by atoms with Crippen molar-refractivity contribution in [3.05, 3.63) is 90.6 Å². The Morgan fingerprint density at radius 1 is 1.07 bits per heavy atom. The molecule has 0 amide bonds. The summed E-state index contributed by atoms with van der Waals surface area (Å²) in [5, 5.41) is 7.27. The standard InChI is InChI=1S/C24H27N5O/c1-30-23-10-5-9-21(15-23)24-22(16-25-11-6-13-28-14-12-26-19-28)18-29(27-24)17-20-7-3-2-4-8-20/h2-5,7-10,12,14-15,18-19,25H,6,11,13,16-17H2,1H3/p+1. The summed E-state index contributed by atoms with van der Waals surface area (Å²) < 4.78 is 9.58. The first-order chi connectivity index (χ1) is 14.8. The SMILES string of the molecule is COc1cccc(-c2nn(Cc3ccccc3)cc2C[NH2+]CCCn2ccnc2)c1. The summed E-state index contributed by atoms with van der Waals surface area (Å²) in [4.78, 5) is 4.10. The number of ether oxygens (including phenoxy) is 1. The van der Waals surface area contributed by atoms with Crippen molar-refractivity contribution in [3.63, 3.8) is 0 Å². The van der Waals surface area contributed by atoms with E-state index in [0.717, 1.165) is 49.6 Å². The number of nitrogens with zero attached hydrogens (tertiary/aromatic N) is 4. The molecule has 2 aromatic heterocycles. The molecular formula is C24H28N5O+. The largest absolute Gasteiger partial charge is 0.497 e. The van der Waals surface area contributed by atoms with Gasteiger partial charge in [-0.2, -0.15) is 5.10 Å². The first-order valence-electron chi connectivity index (χ1n) is 10.3. The quantitative estimate of drug-likeness (QED) is 0.415. The summed E-state index contributed by atoms with van der Waals surface area (Å²) >= 11 is 0. The molecule has 154 valence electrons. The predicted octanol–water partition coefficient (Wildman–Crippen LogP) is 2.96. The minimum Gasteiger partial charge on any atom is -0.497 e. The Hall–Kier alpha value is -3.38. The molecule has 0 saturated carbocycles. The summed E-state index contributed by atoms with van der Waals surface area (Å²) in [5.74, 6) is 0.848. The van der Waals surface area contributed by atoms with E-state index in [-0.39, 0.29) is 0 Å². The molecule has 0 spiro atoms. The lowest BCUT2D eigenvalue weighted by atomic mass is 10.1. The maximum Gasteiger partial charge on any atom is 0.119 e. The van der Waals surface area contributed by atoms with Crippen molar-refractivity contribution < 1.29 is 10.1 Å². The first kappa shape index (κ1) is 19.9. The normalized spacial score (nSPS) is 11.0. The van der Waals surface area contributed by atoms with Crippen molar-refractivity contribution >= 4 is 0 Å². The minimum absolute atomic E-state index is 0.762. The number of nitrogens with two attached hydrogens (primary N) is 1. The van der Waals surface area contributed by atoms with E-state index in [1.54, 1.807) is 7.11 Å². The highest BCUT2D eigenvalue weighted by molar-refractivity contribution is 5.64. The Kier molecular flexibility index (Phi) is 6.57. The number of benzene rings is 2. The Morgan fingerprint density at radius 3 is 2.77 bits per heavy atom. The fourth-order valence-electron chi connectivity index (χ4n) is 3.57. The van der Waals surface area contributed by atoms with E-state index in [1.807, 2.05) is 41.6 Å². The lowest BCUT2D eigenvalue weighted by molar-refractivity contribution is -0.671. The number of aromatic nitrogens is 4. The molecule has 0 saturated heterocycles. The van der Waals surface area contributed by atoms with Gasteiger partial charge in [-0.1, -0.05) is 42.5 Å². The lowest BCUT2D eigenvalue weighted by Gasteiger charge is -2.05. The van der Waals surface area contributed by atoms with E-state index in [0.29, 0.717) is 0 Å². The van der Waals surface area contributed by atoms with Gasteiger partial charge < -0.3 is 14.6 Å². The minimum atomic E-state index is 0.762. The van der Waals surface area contributed by atoms with Crippen molar-refractivity contribution in [2.45, 2.75) is 26.1 Å². The number of quaternary nitrogens is 1. The summed E-state index contributed by atoms with van der Waals surface area (Å²) in [6.45, 7) is 3.70. The second-order valence-corrected chi connectivity index (χ2v) is 7.35. The predicted molar refractivity (Wildman–Crippen MR) is 117 cm³/mol. The number of methoxy groups -OCH3 is 1. The highest BCUT2D eigenvalue weighted by Gasteiger charge is 2.14. The Bertz CT molecular complexity index is 1040. The zero-order chi connectivity index (χ0) is 20.6. The average Bonchev–Trinajstić information content (AvgIpc) is 3.44. The summed E-state index contributed by atoms with van der Waals surface area (Å²) in [7, 11) is 1.70. The van der Waals surface area contributed by atoms with Gasteiger partial charge in [-0.25, -0.2) is 4.98 Å². The lowest BCUT2D eigenvalue weighted by Crippen LogP contribution is -2.82. The third kappa shape index (κ3) is 5.15. The smallest absolute Gasteiger partial charge is 0.119 e. The topological polar surface area (TPSA) is 61.5 Å². The van der Waals surface area contributed by atoms with Crippen LogP contribution in [0.15, 0.2) is 79.5 Å². The van der Waals surface area contributed by atoms with Crippen LogP contribution in [0, 0.1) is 0 Å². The van der Waals surface area contributed by atoms with E-state index >= 15 is 0 Å². The molecule has 2 aromatic carbocycles. The molecule has 30 heavy (non-hydrogen) atoms. The average molecular weight is 403 g/mol. The Labute approximate surface area is 177 Å². The number of aryl methyl sites for hydroxylation is 1. The van der Waals surface area contributed by atoms with Crippen molar-refractivity contribution in [3.8, 4) is 17.0 Å². The van der Waals surface area contributed by atoms with E-state index < -0.39 is 0 Å². The van der Waals surface area contributed by atoms with Gasteiger partial charge >= 0.3 is 0 Å². The molecule has 0 unspecified atom stereocenters.